The van der Waals surface area contributed by atoms with Crippen molar-refractivity contribution in [1.82, 2.24) is 9.71 Å². The molecule has 0 amide bonds. The third-order valence-corrected chi connectivity index (χ3v) is 7.38. The number of nitrogens with two attached hydrogens (primary N) is 2. The second kappa shape index (κ2) is 10.0. The SMILES string of the molecule is CS(=O)(=O)c1cccc(S(=O)(=O)NC=NCCSCc2csc(N=C(N)N)n2)c1. The van der Waals surface area contributed by atoms with Gasteiger partial charge in [-0.3, -0.25) is 9.71 Å². The molecule has 158 valence electrons. The summed E-state index contributed by atoms with van der Waals surface area (Å²) in [5.41, 5.74) is 11.4. The zero-order chi connectivity index (χ0) is 21.5. The maximum Gasteiger partial charge on any atom is 0.262 e. The molecule has 1 aromatic carbocycles. The van der Waals surface area contributed by atoms with E-state index in [1.54, 1.807) is 11.8 Å². The average Bonchev–Trinajstić information content (AvgIpc) is 3.06. The molecule has 5 N–H and O–H groups in total. The Kier molecular flexibility index (Phi) is 8.01. The molecule has 1 aromatic heterocycles. The van der Waals surface area contributed by atoms with Crippen LogP contribution in [0.1, 0.15) is 5.69 Å². The first-order valence-corrected chi connectivity index (χ1v) is 13.4. The predicted octanol–water partition coefficient (Wildman–Crippen LogP) is 0.692. The number of nitrogens with zero attached hydrogens (tertiary/aromatic N) is 3. The van der Waals surface area contributed by atoms with Gasteiger partial charge in [-0.2, -0.15) is 16.8 Å². The topological polar surface area (TPSA) is 170 Å². The Bertz CT molecular complexity index is 1110. The van der Waals surface area contributed by atoms with Crippen molar-refractivity contribution >= 4 is 60.4 Å². The van der Waals surface area contributed by atoms with Crippen molar-refractivity contribution in [3.05, 3.63) is 35.3 Å². The van der Waals surface area contributed by atoms with Gasteiger partial charge in [0, 0.05) is 29.7 Å². The second-order valence-corrected chi connectivity index (χ2v) is 11.3. The van der Waals surface area contributed by atoms with E-state index in [-0.39, 0.29) is 15.8 Å². The van der Waals surface area contributed by atoms with Crippen LogP contribution in [0.4, 0.5) is 5.13 Å². The summed E-state index contributed by atoms with van der Waals surface area (Å²) in [7, 11) is -7.40. The average molecular weight is 477 g/mol. The lowest BCUT2D eigenvalue weighted by molar-refractivity contribution is 0.592. The number of sulfonamides is 1. The van der Waals surface area contributed by atoms with E-state index in [0.717, 1.165) is 24.4 Å². The Morgan fingerprint density at radius 1 is 1.28 bits per heavy atom. The van der Waals surface area contributed by atoms with E-state index in [1.807, 2.05) is 5.38 Å². The summed E-state index contributed by atoms with van der Waals surface area (Å²) in [4.78, 5) is 11.9. The van der Waals surface area contributed by atoms with Gasteiger partial charge in [0.15, 0.2) is 15.8 Å². The first-order valence-electron chi connectivity index (χ1n) is 8.00. The van der Waals surface area contributed by atoms with Crippen LogP contribution in [0.3, 0.4) is 0 Å². The molecule has 0 unspecified atom stereocenters. The summed E-state index contributed by atoms with van der Waals surface area (Å²) < 4.78 is 49.8. The normalized spacial score (nSPS) is 12.2. The Hall–Kier alpha value is -2.16. The van der Waals surface area contributed by atoms with E-state index in [4.69, 9.17) is 11.5 Å². The largest absolute Gasteiger partial charge is 0.370 e. The molecular weight excluding hydrogens is 456 g/mol. The first kappa shape index (κ1) is 23.1. The van der Waals surface area contributed by atoms with E-state index in [0.29, 0.717) is 23.2 Å². The molecule has 14 heteroatoms. The molecule has 29 heavy (non-hydrogen) atoms. The highest BCUT2D eigenvalue weighted by molar-refractivity contribution is 7.98. The molecule has 0 radical (unpaired) electrons. The van der Waals surface area contributed by atoms with Gasteiger partial charge in [0.25, 0.3) is 10.0 Å². The predicted molar refractivity (Wildman–Crippen MR) is 117 cm³/mol. The Morgan fingerprint density at radius 2 is 2.00 bits per heavy atom. The summed E-state index contributed by atoms with van der Waals surface area (Å²) in [6, 6.07) is 5.12. The van der Waals surface area contributed by atoms with E-state index in [9.17, 15) is 16.8 Å². The Morgan fingerprint density at radius 3 is 2.69 bits per heavy atom. The summed E-state index contributed by atoms with van der Waals surface area (Å²) >= 11 is 2.91. The maximum atomic E-state index is 12.2. The fourth-order valence-electron chi connectivity index (χ4n) is 1.93. The number of guanidine groups is 1. The molecule has 0 saturated carbocycles. The molecule has 0 saturated heterocycles. The van der Waals surface area contributed by atoms with Gasteiger partial charge in [0.05, 0.1) is 21.8 Å². The molecular formula is C15H20N6O4S4. The fourth-order valence-corrected chi connectivity index (χ4v) is 5.11. The van der Waals surface area contributed by atoms with Crippen molar-refractivity contribution in [1.29, 1.82) is 0 Å². The number of sulfone groups is 1. The molecule has 0 aliphatic carbocycles. The van der Waals surface area contributed by atoms with Crippen LogP contribution < -0.4 is 16.2 Å². The minimum atomic E-state index is -3.90. The Labute approximate surface area is 177 Å². The summed E-state index contributed by atoms with van der Waals surface area (Å²) in [5, 5.41) is 2.35. The van der Waals surface area contributed by atoms with Crippen molar-refractivity contribution in [2.75, 3.05) is 18.6 Å². The summed E-state index contributed by atoms with van der Waals surface area (Å²) in [6.07, 6.45) is 2.10. The minimum absolute atomic E-state index is 0.0432. The van der Waals surface area contributed by atoms with Gasteiger partial charge < -0.3 is 11.5 Å². The monoisotopic (exact) mass is 476 g/mol. The highest BCUT2D eigenvalue weighted by atomic mass is 32.2. The zero-order valence-electron chi connectivity index (χ0n) is 15.3. The second-order valence-electron chi connectivity index (χ2n) is 5.61. The van der Waals surface area contributed by atoms with Gasteiger partial charge in [-0.05, 0) is 18.2 Å². The smallest absolute Gasteiger partial charge is 0.262 e. The standard InChI is InChI=1S/C15H20N6O4S4/c1-28(22,23)12-3-2-4-13(7-12)29(24,25)19-10-18-5-6-26-8-11-9-27-15(20-11)21-14(16)17/h2-4,7,9-10H,5-6,8H2,1H3,(H,18,19)(H4,16,17,20,21). The summed E-state index contributed by atoms with van der Waals surface area (Å²) in [5.74, 6) is 1.26. The van der Waals surface area contributed by atoms with Gasteiger partial charge in [-0.15, -0.1) is 11.3 Å². The number of benzene rings is 1. The molecule has 0 aliphatic rings. The lowest BCUT2D eigenvalue weighted by atomic mass is 10.4. The molecule has 0 spiro atoms. The van der Waals surface area contributed by atoms with Crippen molar-refractivity contribution in [3.8, 4) is 0 Å². The van der Waals surface area contributed by atoms with E-state index in [2.05, 4.69) is 19.7 Å². The van der Waals surface area contributed by atoms with E-state index >= 15 is 0 Å². The number of hydrogen-bond donors (Lipinski definition) is 3. The number of nitrogens with one attached hydrogen (secondary N) is 1. The Balaban J connectivity index is 1.80. The molecule has 0 bridgehead atoms. The van der Waals surface area contributed by atoms with Crippen LogP contribution in [0.5, 0.6) is 0 Å². The lowest BCUT2D eigenvalue weighted by Gasteiger charge is -2.05. The van der Waals surface area contributed by atoms with Crippen LogP contribution in [0.2, 0.25) is 0 Å². The van der Waals surface area contributed by atoms with E-state index in [1.165, 1.54) is 29.5 Å². The van der Waals surface area contributed by atoms with Gasteiger partial charge in [-0.25, -0.2) is 21.8 Å². The third kappa shape index (κ3) is 7.64. The van der Waals surface area contributed by atoms with Crippen molar-refractivity contribution in [2.24, 2.45) is 21.5 Å². The molecule has 0 fully saturated rings. The van der Waals surface area contributed by atoms with Crippen LogP contribution in [0.15, 0.2) is 49.4 Å². The van der Waals surface area contributed by atoms with Crippen LogP contribution in [0.25, 0.3) is 0 Å². The van der Waals surface area contributed by atoms with Crippen LogP contribution in [-0.2, 0) is 25.6 Å². The van der Waals surface area contributed by atoms with Gasteiger partial charge in [0.1, 0.15) is 0 Å². The van der Waals surface area contributed by atoms with Crippen LogP contribution in [-0.4, -0.2) is 52.7 Å². The molecule has 2 aromatic rings. The van der Waals surface area contributed by atoms with Crippen LogP contribution in [0, 0.1) is 0 Å². The highest BCUT2D eigenvalue weighted by Gasteiger charge is 2.15. The lowest BCUT2D eigenvalue weighted by Crippen LogP contribution is -2.22. The maximum absolute atomic E-state index is 12.2. The van der Waals surface area contributed by atoms with Gasteiger partial charge >= 0.3 is 0 Å². The summed E-state index contributed by atoms with van der Waals surface area (Å²) in [6.45, 7) is 0.390. The zero-order valence-corrected chi connectivity index (χ0v) is 18.6. The van der Waals surface area contributed by atoms with Crippen molar-refractivity contribution in [2.45, 2.75) is 15.5 Å². The molecule has 10 nitrogen and oxygen atoms in total. The number of thioether (sulfide) groups is 1. The minimum Gasteiger partial charge on any atom is -0.370 e. The highest BCUT2D eigenvalue weighted by Crippen LogP contribution is 2.21. The third-order valence-electron chi connectivity index (χ3n) is 3.22. The molecule has 0 aliphatic heterocycles. The molecule has 1 heterocycles. The molecule has 0 atom stereocenters. The number of aromatic nitrogens is 1. The van der Waals surface area contributed by atoms with E-state index < -0.39 is 19.9 Å². The van der Waals surface area contributed by atoms with Crippen LogP contribution >= 0.6 is 23.1 Å². The van der Waals surface area contributed by atoms with Crippen molar-refractivity contribution < 1.29 is 16.8 Å². The van der Waals surface area contributed by atoms with Crippen molar-refractivity contribution in [3.63, 3.8) is 0 Å². The number of aliphatic imine (C=N–C) groups is 2. The fraction of sp³-hybridized carbons (Fsp3) is 0.267. The number of thiazole rings is 1. The van der Waals surface area contributed by atoms with Gasteiger partial charge in [0.2, 0.25) is 5.13 Å². The molecule has 2 rings (SSSR count). The number of rotatable bonds is 10. The van der Waals surface area contributed by atoms with Gasteiger partial charge in [-0.1, -0.05) is 6.07 Å². The quantitative estimate of drug-likeness (QED) is 0.255. The number of hydrogen-bond acceptors (Lipinski definition) is 9. The first-order chi connectivity index (χ1) is 13.6.